The third kappa shape index (κ3) is 7.89. The van der Waals surface area contributed by atoms with Crippen LogP contribution >= 0.6 is 0 Å². The molecular weight excluding hydrogens is 360 g/mol. The lowest BCUT2D eigenvalue weighted by Gasteiger charge is -2.24. The van der Waals surface area contributed by atoms with Crippen LogP contribution < -0.4 is 10.2 Å². The molecule has 10 nitrogen and oxygen atoms in total. The lowest BCUT2D eigenvalue weighted by molar-refractivity contribution is -0.160. The molecule has 1 amide bonds. The fourth-order valence-corrected chi connectivity index (χ4v) is 1.84. The number of nitrogens with one attached hydrogen (secondary N) is 1. The maximum atomic E-state index is 12.4. The molecule has 1 aromatic rings. The van der Waals surface area contributed by atoms with Crippen molar-refractivity contribution in [1.82, 2.24) is 10.0 Å². The zero-order chi connectivity index (χ0) is 21.0. The fourth-order valence-electron chi connectivity index (χ4n) is 1.84. The normalized spacial score (nSPS) is 12.8. The van der Waals surface area contributed by atoms with Gasteiger partial charge in [-0.2, -0.15) is 0 Å². The summed E-state index contributed by atoms with van der Waals surface area (Å²) >= 11 is 0. The van der Waals surface area contributed by atoms with Gasteiger partial charge < -0.3 is 29.8 Å². The Morgan fingerprint density at radius 3 is 1.93 bits per heavy atom. The summed E-state index contributed by atoms with van der Waals surface area (Å²) < 4.78 is 10.7. The first-order valence-electron chi connectivity index (χ1n) is 8.21. The van der Waals surface area contributed by atoms with Crippen molar-refractivity contribution in [1.29, 1.82) is 0 Å². The number of rotatable bonds is 5. The van der Waals surface area contributed by atoms with Crippen molar-refractivity contribution in [2.45, 2.75) is 65.2 Å². The smallest absolute Gasteiger partial charge is 0.408 e. The minimum atomic E-state index is -1.48. The number of carbonyl (C=O) groups is 3. The molecule has 0 saturated carbocycles. The van der Waals surface area contributed by atoms with Gasteiger partial charge in [0.25, 0.3) is 0 Å². The Morgan fingerprint density at radius 2 is 1.48 bits per heavy atom. The van der Waals surface area contributed by atoms with Gasteiger partial charge in [-0.25, -0.2) is 9.59 Å². The largest absolute Gasteiger partial charge is 0.492 e. The summed E-state index contributed by atoms with van der Waals surface area (Å²) in [4.78, 5) is 41.2. The maximum absolute atomic E-state index is 12.4. The van der Waals surface area contributed by atoms with Crippen molar-refractivity contribution in [2.24, 2.45) is 0 Å². The highest BCUT2D eigenvalue weighted by Crippen LogP contribution is 2.19. The van der Waals surface area contributed by atoms with E-state index in [1.807, 2.05) is 0 Å². The van der Waals surface area contributed by atoms with E-state index in [0.717, 1.165) is 12.1 Å². The van der Waals surface area contributed by atoms with E-state index in [1.165, 1.54) is 0 Å². The van der Waals surface area contributed by atoms with Crippen LogP contribution in [0, 0.1) is 0 Å². The van der Waals surface area contributed by atoms with Crippen molar-refractivity contribution >= 4 is 18.0 Å². The van der Waals surface area contributed by atoms with E-state index >= 15 is 0 Å². The summed E-state index contributed by atoms with van der Waals surface area (Å²) in [5.74, 6) is -2.97. The highest BCUT2D eigenvalue weighted by Gasteiger charge is 2.31. The summed E-state index contributed by atoms with van der Waals surface area (Å²) in [6, 6.07) is 0.704. The lowest BCUT2D eigenvalue weighted by Crippen LogP contribution is -2.48. The summed E-state index contributed by atoms with van der Waals surface area (Å²) in [5, 5.41) is 21.3. The number of alkyl carbamates (subject to hydrolysis) is 1. The minimum absolute atomic E-state index is 0.446. The van der Waals surface area contributed by atoms with E-state index in [-0.39, 0.29) is 0 Å². The second-order valence-electron chi connectivity index (χ2n) is 7.74. The van der Waals surface area contributed by atoms with Gasteiger partial charge in [0.15, 0.2) is 0 Å². The number of hydrogen-bond acceptors (Lipinski definition) is 8. The van der Waals surface area contributed by atoms with Gasteiger partial charge in [0, 0.05) is 12.1 Å². The predicted molar refractivity (Wildman–Crippen MR) is 93.0 cm³/mol. The summed E-state index contributed by atoms with van der Waals surface area (Å²) in [5.41, 5.74) is -1.63. The summed E-state index contributed by atoms with van der Waals surface area (Å²) in [7, 11) is 0. The number of esters is 1. The van der Waals surface area contributed by atoms with Gasteiger partial charge in [-0.15, -0.1) is 4.73 Å². The van der Waals surface area contributed by atoms with Gasteiger partial charge in [-0.1, -0.05) is 0 Å². The second kappa shape index (κ2) is 8.19. The molecule has 3 N–H and O–H groups in total. The molecule has 0 aromatic carbocycles. The van der Waals surface area contributed by atoms with Gasteiger partial charge in [-0.05, 0) is 41.5 Å². The molecular formula is C17H26N2O8. The number of aromatic nitrogens is 1. The summed E-state index contributed by atoms with van der Waals surface area (Å²) in [6.45, 7) is 9.83. The Kier molecular flexibility index (Phi) is 6.71. The molecule has 10 heteroatoms. The molecule has 1 atom stereocenters. The lowest BCUT2D eigenvalue weighted by atomic mass is 10.1. The number of ether oxygens (including phenoxy) is 2. The van der Waals surface area contributed by atoms with Gasteiger partial charge in [0.2, 0.25) is 11.8 Å². The molecule has 0 fully saturated rings. The zero-order valence-corrected chi connectivity index (χ0v) is 16.2. The van der Waals surface area contributed by atoms with Crippen molar-refractivity contribution in [3.05, 3.63) is 12.1 Å². The molecule has 0 aliphatic carbocycles. The van der Waals surface area contributed by atoms with Gasteiger partial charge in [0.05, 0.1) is 6.42 Å². The summed E-state index contributed by atoms with van der Waals surface area (Å²) in [6.07, 6.45) is -1.49. The Labute approximate surface area is 157 Å². The first kappa shape index (κ1) is 22.1. The number of carbonyl (C=O) groups excluding carboxylic acids is 3. The molecule has 0 aliphatic heterocycles. The maximum Gasteiger partial charge on any atom is 0.408 e. The molecule has 27 heavy (non-hydrogen) atoms. The quantitative estimate of drug-likeness (QED) is 0.647. The standard InChI is InChI=1S/C17H26N2O8/c1-16(2,3)25-13(22)9-10(18-15(24)26-17(4,5)6)14(23)27-19-11(20)7-8-12(19)21/h7-8,10,20-21H,9H2,1-6H3,(H,18,24)/t10-/m0/s1. The molecule has 152 valence electrons. The first-order chi connectivity index (χ1) is 12.2. The van der Waals surface area contributed by atoms with Crippen LogP contribution in [0.4, 0.5) is 4.79 Å². The zero-order valence-electron chi connectivity index (χ0n) is 16.2. The third-order valence-corrected chi connectivity index (χ3v) is 2.75. The van der Waals surface area contributed by atoms with E-state index in [9.17, 15) is 24.6 Å². The molecule has 1 rings (SSSR count). The Bertz CT molecular complexity index is 647. The van der Waals surface area contributed by atoms with Crippen LogP contribution in [-0.2, 0) is 19.1 Å². The van der Waals surface area contributed by atoms with Crippen molar-refractivity contribution in [2.75, 3.05) is 0 Å². The van der Waals surface area contributed by atoms with Crippen LogP contribution in [-0.4, -0.2) is 50.2 Å². The van der Waals surface area contributed by atoms with Crippen molar-refractivity contribution in [3.8, 4) is 11.8 Å². The molecule has 1 aromatic heterocycles. The first-order valence-corrected chi connectivity index (χ1v) is 8.21. The van der Waals surface area contributed by atoms with Crippen molar-refractivity contribution in [3.63, 3.8) is 0 Å². The average molecular weight is 386 g/mol. The predicted octanol–water partition coefficient (Wildman–Crippen LogP) is 1.48. The number of nitrogens with zero attached hydrogens (tertiary/aromatic N) is 1. The molecule has 0 radical (unpaired) electrons. The number of hydrogen-bond donors (Lipinski definition) is 3. The van der Waals surface area contributed by atoms with E-state index in [0.29, 0.717) is 4.73 Å². The topological polar surface area (TPSA) is 136 Å². The van der Waals surface area contributed by atoms with E-state index in [2.05, 4.69) is 5.32 Å². The highest BCUT2D eigenvalue weighted by atomic mass is 16.7. The third-order valence-electron chi connectivity index (χ3n) is 2.75. The molecule has 1 heterocycles. The SMILES string of the molecule is CC(C)(C)OC(=O)C[C@H](NC(=O)OC(C)(C)C)C(=O)On1c(O)ccc1O. The Morgan fingerprint density at radius 1 is 1.00 bits per heavy atom. The van der Waals surface area contributed by atoms with Crippen LogP contribution in [0.15, 0.2) is 12.1 Å². The fraction of sp³-hybridized carbons (Fsp3) is 0.588. The van der Waals surface area contributed by atoms with Crippen molar-refractivity contribution < 1.29 is 38.9 Å². The van der Waals surface area contributed by atoms with Crippen LogP contribution in [0.1, 0.15) is 48.0 Å². The van der Waals surface area contributed by atoms with Crippen LogP contribution in [0.5, 0.6) is 11.8 Å². The molecule has 0 unspecified atom stereocenters. The van der Waals surface area contributed by atoms with E-state index in [1.54, 1.807) is 41.5 Å². The van der Waals surface area contributed by atoms with Crippen LogP contribution in [0.3, 0.4) is 0 Å². The van der Waals surface area contributed by atoms with Crippen LogP contribution in [0.25, 0.3) is 0 Å². The molecule has 0 spiro atoms. The Hall–Kier alpha value is -2.91. The second-order valence-corrected chi connectivity index (χ2v) is 7.74. The van der Waals surface area contributed by atoms with Crippen LogP contribution in [0.2, 0.25) is 0 Å². The van der Waals surface area contributed by atoms with Gasteiger partial charge in [-0.3, -0.25) is 4.79 Å². The number of aromatic hydroxyl groups is 2. The Balaban J connectivity index is 2.93. The monoisotopic (exact) mass is 386 g/mol. The molecule has 0 saturated heterocycles. The average Bonchev–Trinajstić information content (AvgIpc) is 2.74. The number of amides is 1. The van der Waals surface area contributed by atoms with Gasteiger partial charge in [0.1, 0.15) is 17.2 Å². The van der Waals surface area contributed by atoms with Gasteiger partial charge >= 0.3 is 18.0 Å². The molecule has 0 bridgehead atoms. The van der Waals surface area contributed by atoms with E-state index < -0.39 is 53.5 Å². The van der Waals surface area contributed by atoms with E-state index in [4.69, 9.17) is 14.3 Å². The minimum Gasteiger partial charge on any atom is -0.492 e. The molecule has 0 aliphatic rings. The highest BCUT2D eigenvalue weighted by molar-refractivity contribution is 5.86.